The smallest absolute Gasteiger partial charge is 0.135 e. The predicted molar refractivity (Wildman–Crippen MR) is 113 cm³/mol. The molecule has 3 aromatic heterocycles. The molecule has 130 valence electrons. The summed E-state index contributed by atoms with van der Waals surface area (Å²) >= 11 is 4.91. The first-order valence-corrected chi connectivity index (χ1v) is 10.5. The maximum atomic E-state index is 9.59. The molecule has 0 unspecified atom stereocenters. The van der Waals surface area contributed by atoms with Crippen LogP contribution in [0.25, 0.3) is 31.3 Å². The number of thiazole rings is 1. The molecule has 1 aromatic carbocycles. The van der Waals surface area contributed by atoms with Gasteiger partial charge in [0.2, 0.25) is 0 Å². The molecule has 0 spiro atoms. The Labute approximate surface area is 162 Å². The highest BCUT2D eigenvalue weighted by Crippen LogP contribution is 2.39. The average molecular weight is 398 g/mol. The quantitative estimate of drug-likeness (QED) is 0.478. The standard InChI is InChI=1S/C19H15N3OS3/c1-22(6-7-23)18-10-17-16(25-18)9-13(24-17)8-12(11-20)19-21-14-4-2-3-5-15(14)26-19/h2-5,8-10,23H,6-7H2,1H3/b12-8+. The Morgan fingerprint density at radius 2 is 2.00 bits per heavy atom. The number of hydrogen-bond donors (Lipinski definition) is 1. The van der Waals surface area contributed by atoms with Gasteiger partial charge >= 0.3 is 0 Å². The zero-order valence-corrected chi connectivity index (χ0v) is 16.4. The molecule has 26 heavy (non-hydrogen) atoms. The minimum atomic E-state index is 0.143. The molecule has 4 nitrogen and oxygen atoms in total. The number of rotatable bonds is 5. The highest BCUT2D eigenvalue weighted by Gasteiger charge is 2.12. The van der Waals surface area contributed by atoms with Gasteiger partial charge in [-0.1, -0.05) is 12.1 Å². The summed E-state index contributed by atoms with van der Waals surface area (Å²) < 4.78 is 3.48. The zero-order chi connectivity index (χ0) is 18.1. The van der Waals surface area contributed by atoms with Crippen LogP contribution in [0.2, 0.25) is 0 Å². The molecule has 0 aliphatic carbocycles. The highest BCUT2D eigenvalue weighted by atomic mass is 32.1. The second-order valence-electron chi connectivity index (χ2n) is 5.76. The van der Waals surface area contributed by atoms with E-state index < -0.39 is 0 Å². The van der Waals surface area contributed by atoms with E-state index in [0.29, 0.717) is 12.1 Å². The molecule has 7 heteroatoms. The minimum Gasteiger partial charge on any atom is -0.395 e. The largest absolute Gasteiger partial charge is 0.395 e. The molecule has 0 bridgehead atoms. The molecule has 1 N–H and O–H groups in total. The number of allylic oxidation sites excluding steroid dienone is 1. The van der Waals surface area contributed by atoms with Crippen molar-refractivity contribution in [2.45, 2.75) is 0 Å². The van der Waals surface area contributed by atoms with Gasteiger partial charge in [-0.2, -0.15) is 5.26 Å². The van der Waals surface area contributed by atoms with Gasteiger partial charge in [0, 0.05) is 27.9 Å². The Bertz CT molecular complexity index is 1080. The summed E-state index contributed by atoms with van der Waals surface area (Å²) in [6.45, 7) is 0.764. The van der Waals surface area contributed by atoms with Gasteiger partial charge in [0.05, 0.1) is 27.4 Å². The van der Waals surface area contributed by atoms with Gasteiger partial charge in [-0.3, -0.25) is 0 Å². The van der Waals surface area contributed by atoms with Crippen molar-refractivity contribution in [3.63, 3.8) is 0 Å². The number of benzene rings is 1. The SMILES string of the molecule is CN(CCO)c1cc2sc(/C=C(\C#N)c3nc4ccccc4s3)cc2s1. The van der Waals surface area contributed by atoms with Gasteiger partial charge in [0.25, 0.3) is 0 Å². The fourth-order valence-electron chi connectivity index (χ4n) is 2.63. The van der Waals surface area contributed by atoms with Crippen molar-refractivity contribution in [1.82, 2.24) is 4.98 Å². The lowest BCUT2D eigenvalue weighted by Gasteiger charge is -2.14. The molecule has 0 atom stereocenters. The van der Waals surface area contributed by atoms with E-state index in [0.717, 1.165) is 25.1 Å². The Balaban J connectivity index is 1.67. The van der Waals surface area contributed by atoms with Gasteiger partial charge in [0.1, 0.15) is 11.1 Å². The van der Waals surface area contributed by atoms with E-state index in [1.807, 2.05) is 37.4 Å². The highest BCUT2D eigenvalue weighted by molar-refractivity contribution is 7.30. The summed E-state index contributed by atoms with van der Waals surface area (Å²) in [5, 5.41) is 20.6. The summed E-state index contributed by atoms with van der Waals surface area (Å²) in [6, 6.07) is 14.5. The number of anilines is 1. The lowest BCUT2D eigenvalue weighted by Crippen LogP contribution is -2.19. The van der Waals surface area contributed by atoms with Crippen LogP contribution in [-0.4, -0.2) is 30.3 Å². The van der Waals surface area contributed by atoms with Gasteiger partial charge in [-0.05, 0) is 30.3 Å². The third-order valence-corrected chi connectivity index (χ3v) is 7.38. The van der Waals surface area contributed by atoms with Crippen molar-refractivity contribution < 1.29 is 5.11 Å². The second kappa shape index (κ2) is 7.17. The van der Waals surface area contributed by atoms with Crippen LogP contribution in [0, 0.1) is 11.3 Å². The first-order chi connectivity index (χ1) is 12.7. The molecule has 0 aliphatic heterocycles. The zero-order valence-electron chi connectivity index (χ0n) is 14.0. The first kappa shape index (κ1) is 17.2. The van der Waals surface area contributed by atoms with Crippen molar-refractivity contribution in [2.24, 2.45) is 0 Å². The third-order valence-electron chi connectivity index (χ3n) is 3.96. The minimum absolute atomic E-state index is 0.143. The number of aliphatic hydroxyl groups is 1. The number of para-hydroxylation sites is 1. The molecule has 0 saturated heterocycles. The Morgan fingerprint density at radius 3 is 2.73 bits per heavy atom. The molecule has 4 aromatic rings. The van der Waals surface area contributed by atoms with Crippen molar-refractivity contribution >= 4 is 70.3 Å². The molecule has 0 aliphatic rings. The summed E-state index contributed by atoms with van der Waals surface area (Å²) in [4.78, 5) is 7.69. The van der Waals surface area contributed by atoms with E-state index in [9.17, 15) is 5.26 Å². The maximum Gasteiger partial charge on any atom is 0.135 e. The Kier molecular flexibility index (Phi) is 4.74. The van der Waals surface area contributed by atoms with E-state index in [1.54, 1.807) is 34.0 Å². The molecule has 0 saturated carbocycles. The van der Waals surface area contributed by atoms with E-state index in [1.165, 1.54) is 9.40 Å². The summed E-state index contributed by atoms with van der Waals surface area (Å²) in [5.74, 6) is 0. The predicted octanol–water partition coefficient (Wildman–Crippen LogP) is 5.07. The molecule has 0 fully saturated rings. The Morgan fingerprint density at radius 1 is 1.19 bits per heavy atom. The number of aliphatic hydroxyl groups excluding tert-OH is 1. The Hall–Kier alpha value is -2.24. The van der Waals surface area contributed by atoms with Crippen LogP contribution in [0.3, 0.4) is 0 Å². The summed E-state index contributed by atoms with van der Waals surface area (Å²) in [7, 11) is 1.98. The number of nitrogens with zero attached hydrogens (tertiary/aromatic N) is 3. The van der Waals surface area contributed by atoms with Crippen LogP contribution < -0.4 is 4.90 Å². The van der Waals surface area contributed by atoms with Gasteiger partial charge in [-0.25, -0.2) is 4.98 Å². The third kappa shape index (κ3) is 3.24. The monoisotopic (exact) mass is 397 g/mol. The van der Waals surface area contributed by atoms with E-state index >= 15 is 0 Å². The lowest BCUT2D eigenvalue weighted by molar-refractivity contribution is 0.304. The first-order valence-electron chi connectivity index (χ1n) is 8.01. The fraction of sp³-hybridized carbons (Fsp3) is 0.158. The molecule has 3 heterocycles. The number of nitriles is 1. The van der Waals surface area contributed by atoms with Crippen molar-refractivity contribution in [2.75, 3.05) is 25.1 Å². The number of thiophene rings is 2. The molecule has 4 rings (SSSR count). The maximum absolute atomic E-state index is 9.59. The van der Waals surface area contributed by atoms with Crippen LogP contribution in [-0.2, 0) is 0 Å². The van der Waals surface area contributed by atoms with Crippen molar-refractivity contribution in [3.8, 4) is 6.07 Å². The fourth-order valence-corrected chi connectivity index (χ4v) is 5.90. The number of fused-ring (bicyclic) bond motifs is 2. The molecule has 0 amide bonds. The molecular formula is C19H15N3OS3. The van der Waals surface area contributed by atoms with Crippen LogP contribution in [0.15, 0.2) is 36.4 Å². The van der Waals surface area contributed by atoms with E-state index in [2.05, 4.69) is 28.1 Å². The molecule has 0 radical (unpaired) electrons. The second-order valence-corrected chi connectivity index (χ2v) is 8.97. The number of hydrogen-bond acceptors (Lipinski definition) is 7. The normalized spacial score (nSPS) is 12.0. The van der Waals surface area contributed by atoms with Gasteiger partial charge in [-0.15, -0.1) is 34.0 Å². The average Bonchev–Trinajstić information content (AvgIpc) is 3.31. The topological polar surface area (TPSA) is 60.1 Å². The van der Waals surface area contributed by atoms with Crippen molar-refractivity contribution in [3.05, 3.63) is 46.3 Å². The molecular weight excluding hydrogens is 382 g/mol. The van der Waals surface area contributed by atoms with E-state index in [4.69, 9.17) is 5.11 Å². The van der Waals surface area contributed by atoms with E-state index in [-0.39, 0.29) is 6.61 Å². The van der Waals surface area contributed by atoms with Crippen LogP contribution in [0.1, 0.15) is 9.88 Å². The van der Waals surface area contributed by atoms with Crippen LogP contribution in [0.5, 0.6) is 0 Å². The van der Waals surface area contributed by atoms with Gasteiger partial charge < -0.3 is 10.0 Å². The number of aromatic nitrogens is 1. The van der Waals surface area contributed by atoms with Crippen molar-refractivity contribution in [1.29, 1.82) is 5.26 Å². The summed E-state index contributed by atoms with van der Waals surface area (Å²) in [5.41, 5.74) is 1.52. The van der Waals surface area contributed by atoms with Gasteiger partial charge in [0.15, 0.2) is 0 Å². The summed E-state index contributed by atoms with van der Waals surface area (Å²) in [6.07, 6.45) is 1.92. The van der Waals surface area contributed by atoms with Crippen LogP contribution in [0.4, 0.5) is 5.00 Å². The number of likely N-dealkylation sites (N-methyl/N-ethyl adjacent to an activating group) is 1. The van der Waals surface area contributed by atoms with Crippen LogP contribution >= 0.6 is 34.0 Å². The lowest BCUT2D eigenvalue weighted by atomic mass is 10.2.